The summed E-state index contributed by atoms with van der Waals surface area (Å²) in [6, 6.07) is 13.9. The van der Waals surface area contributed by atoms with Gasteiger partial charge in [-0.05, 0) is 61.7 Å². The van der Waals surface area contributed by atoms with Crippen molar-refractivity contribution in [1.29, 1.82) is 0 Å². The molecule has 3 N–H and O–H groups in total. The SMILES string of the molecule is Cc1cc(C)c(NC(=O)Nc2cc3ccccc3cc2C(=O)N2CCN(S(C)(=O)=O)C[C@@]2(C)C(=O)O)c(C)c1. The van der Waals surface area contributed by atoms with Crippen LogP contribution in [0.1, 0.15) is 34.0 Å². The van der Waals surface area contributed by atoms with Crippen LogP contribution in [-0.4, -0.2) is 72.1 Å². The Morgan fingerprint density at radius 3 is 2.08 bits per heavy atom. The molecule has 1 aliphatic rings. The molecule has 0 radical (unpaired) electrons. The first-order chi connectivity index (χ1) is 18.2. The molecule has 0 aromatic heterocycles. The number of urea groups is 1. The number of nitrogens with zero attached hydrogens (tertiary/aromatic N) is 2. The van der Waals surface area contributed by atoms with Crippen LogP contribution in [0.25, 0.3) is 10.8 Å². The molecule has 1 aliphatic heterocycles. The Labute approximate surface area is 227 Å². The number of sulfonamides is 1. The highest BCUT2D eigenvalue weighted by Crippen LogP contribution is 2.31. The van der Waals surface area contributed by atoms with E-state index in [-0.39, 0.29) is 24.3 Å². The number of carboxylic acids is 1. The summed E-state index contributed by atoms with van der Waals surface area (Å²) in [5.41, 5.74) is 1.98. The lowest BCUT2D eigenvalue weighted by Gasteiger charge is -2.45. The molecule has 39 heavy (non-hydrogen) atoms. The van der Waals surface area contributed by atoms with Gasteiger partial charge in [-0.2, -0.15) is 4.31 Å². The lowest BCUT2D eigenvalue weighted by molar-refractivity contribution is -0.151. The smallest absolute Gasteiger partial charge is 0.330 e. The summed E-state index contributed by atoms with van der Waals surface area (Å²) >= 11 is 0. The van der Waals surface area contributed by atoms with Gasteiger partial charge in [0.1, 0.15) is 0 Å². The van der Waals surface area contributed by atoms with Gasteiger partial charge in [-0.3, -0.25) is 4.79 Å². The van der Waals surface area contributed by atoms with Crippen LogP contribution >= 0.6 is 0 Å². The largest absolute Gasteiger partial charge is 0.479 e. The molecule has 1 atom stereocenters. The molecule has 0 spiro atoms. The van der Waals surface area contributed by atoms with Crippen LogP contribution in [0.3, 0.4) is 0 Å². The number of hydrogen-bond donors (Lipinski definition) is 3. The third kappa shape index (κ3) is 5.59. The predicted molar refractivity (Wildman–Crippen MR) is 151 cm³/mol. The van der Waals surface area contributed by atoms with Gasteiger partial charge in [0.25, 0.3) is 5.91 Å². The van der Waals surface area contributed by atoms with Crippen molar-refractivity contribution >= 4 is 50.1 Å². The molecule has 1 heterocycles. The number of amides is 3. The van der Waals surface area contributed by atoms with Gasteiger partial charge in [-0.25, -0.2) is 18.0 Å². The van der Waals surface area contributed by atoms with E-state index in [2.05, 4.69) is 10.6 Å². The minimum Gasteiger partial charge on any atom is -0.479 e. The fourth-order valence-electron chi connectivity index (χ4n) is 5.07. The Balaban J connectivity index is 1.73. The molecular formula is C28H32N4O6S. The van der Waals surface area contributed by atoms with Crippen molar-refractivity contribution in [2.24, 2.45) is 0 Å². The maximum absolute atomic E-state index is 13.9. The first-order valence-corrected chi connectivity index (χ1v) is 14.2. The van der Waals surface area contributed by atoms with Crippen molar-refractivity contribution in [3.8, 4) is 0 Å². The van der Waals surface area contributed by atoms with Gasteiger partial charge in [0.05, 0.1) is 17.5 Å². The summed E-state index contributed by atoms with van der Waals surface area (Å²) in [5, 5.41) is 17.2. The number of carbonyl (C=O) groups is 3. The molecule has 0 saturated carbocycles. The lowest BCUT2D eigenvalue weighted by atomic mass is 9.95. The number of fused-ring (bicyclic) bond motifs is 1. The van der Waals surface area contributed by atoms with Gasteiger partial charge in [-0.15, -0.1) is 0 Å². The molecular weight excluding hydrogens is 520 g/mol. The topological polar surface area (TPSA) is 136 Å². The Hall–Kier alpha value is -3.96. The summed E-state index contributed by atoms with van der Waals surface area (Å²) in [6.07, 6.45) is 1.01. The zero-order chi connectivity index (χ0) is 28.7. The summed E-state index contributed by atoms with van der Waals surface area (Å²) in [6.45, 7) is 6.51. The van der Waals surface area contributed by atoms with Crippen molar-refractivity contribution in [2.75, 3.05) is 36.5 Å². The standard InChI is InChI=1S/C28H32N4O6S/c1-17-12-18(2)24(19(3)13-17)30-27(36)29-23-15-21-9-7-6-8-20(21)14-22(23)25(33)32-11-10-31(39(5,37)38)16-28(32,4)26(34)35/h6-9,12-15H,10-11,16H2,1-5H3,(H,34,35)(H2,29,30,36)/t28-/m0/s1. The van der Waals surface area contributed by atoms with Crippen molar-refractivity contribution in [2.45, 2.75) is 33.2 Å². The number of piperazine rings is 1. The molecule has 0 aliphatic carbocycles. The Morgan fingerprint density at radius 1 is 0.923 bits per heavy atom. The molecule has 0 unspecified atom stereocenters. The van der Waals surface area contributed by atoms with Crippen LogP contribution in [0.15, 0.2) is 48.5 Å². The van der Waals surface area contributed by atoms with Crippen LogP contribution in [0.4, 0.5) is 16.2 Å². The fraction of sp³-hybridized carbons (Fsp3) is 0.321. The average molecular weight is 553 g/mol. The second kappa shape index (κ2) is 10.3. The number of aryl methyl sites for hydroxylation is 3. The fourth-order valence-corrected chi connectivity index (χ4v) is 5.97. The summed E-state index contributed by atoms with van der Waals surface area (Å²) < 4.78 is 25.4. The molecule has 3 aromatic carbocycles. The van der Waals surface area contributed by atoms with E-state index < -0.39 is 40.0 Å². The Bertz CT molecular complexity index is 1580. The van der Waals surface area contributed by atoms with Gasteiger partial charge in [0.2, 0.25) is 10.0 Å². The number of carboxylic acid groups (broad SMARTS) is 1. The van der Waals surface area contributed by atoms with E-state index in [1.54, 1.807) is 12.1 Å². The number of benzene rings is 3. The Morgan fingerprint density at radius 2 is 1.51 bits per heavy atom. The van der Waals surface area contributed by atoms with Gasteiger partial charge in [0, 0.05) is 25.3 Å². The van der Waals surface area contributed by atoms with E-state index in [1.165, 1.54) is 11.8 Å². The molecule has 0 bridgehead atoms. The van der Waals surface area contributed by atoms with Crippen molar-refractivity contribution in [1.82, 2.24) is 9.21 Å². The zero-order valence-corrected chi connectivity index (χ0v) is 23.3. The van der Waals surface area contributed by atoms with Gasteiger partial charge < -0.3 is 20.6 Å². The van der Waals surface area contributed by atoms with E-state index in [9.17, 15) is 27.9 Å². The van der Waals surface area contributed by atoms with Crippen LogP contribution in [0, 0.1) is 20.8 Å². The third-order valence-electron chi connectivity index (χ3n) is 7.11. The number of aliphatic carboxylic acids is 1. The van der Waals surface area contributed by atoms with E-state index in [4.69, 9.17) is 0 Å². The molecule has 4 rings (SSSR count). The van der Waals surface area contributed by atoms with Crippen LogP contribution in [-0.2, 0) is 14.8 Å². The molecule has 11 heteroatoms. The predicted octanol–water partition coefficient (Wildman–Crippen LogP) is 3.97. The first kappa shape index (κ1) is 28.1. The van der Waals surface area contributed by atoms with E-state index in [0.717, 1.165) is 38.0 Å². The normalized spacial score (nSPS) is 18.1. The average Bonchev–Trinajstić information content (AvgIpc) is 2.84. The number of rotatable bonds is 5. The number of carbonyl (C=O) groups excluding carboxylic acids is 2. The molecule has 206 valence electrons. The van der Waals surface area contributed by atoms with Crippen molar-refractivity contribution in [3.63, 3.8) is 0 Å². The summed E-state index contributed by atoms with van der Waals surface area (Å²) in [7, 11) is -3.67. The van der Waals surface area contributed by atoms with Gasteiger partial charge in [0.15, 0.2) is 5.54 Å². The van der Waals surface area contributed by atoms with E-state index >= 15 is 0 Å². The number of anilines is 2. The van der Waals surface area contributed by atoms with Crippen molar-refractivity contribution in [3.05, 3.63) is 70.8 Å². The molecule has 1 fully saturated rings. The van der Waals surface area contributed by atoms with Crippen LogP contribution in [0.5, 0.6) is 0 Å². The van der Waals surface area contributed by atoms with Gasteiger partial charge in [-0.1, -0.05) is 42.0 Å². The highest BCUT2D eigenvalue weighted by molar-refractivity contribution is 7.88. The maximum atomic E-state index is 13.9. The minimum atomic E-state index is -3.67. The highest BCUT2D eigenvalue weighted by Gasteiger charge is 2.49. The molecule has 10 nitrogen and oxygen atoms in total. The zero-order valence-electron chi connectivity index (χ0n) is 22.5. The van der Waals surface area contributed by atoms with Crippen LogP contribution in [0.2, 0.25) is 0 Å². The first-order valence-electron chi connectivity index (χ1n) is 12.4. The molecule has 3 amide bonds. The summed E-state index contributed by atoms with van der Waals surface area (Å²) in [4.78, 5) is 40.6. The minimum absolute atomic E-state index is 0.0454. The second-order valence-electron chi connectivity index (χ2n) is 10.2. The number of nitrogens with one attached hydrogen (secondary N) is 2. The quantitative estimate of drug-likeness (QED) is 0.438. The van der Waals surface area contributed by atoms with E-state index in [1.807, 2.05) is 57.2 Å². The molecule has 3 aromatic rings. The summed E-state index contributed by atoms with van der Waals surface area (Å²) in [5.74, 6) is -1.96. The maximum Gasteiger partial charge on any atom is 0.330 e. The monoisotopic (exact) mass is 552 g/mol. The second-order valence-corrected chi connectivity index (χ2v) is 12.2. The van der Waals surface area contributed by atoms with E-state index in [0.29, 0.717) is 5.69 Å². The Kier molecular flexibility index (Phi) is 7.42. The third-order valence-corrected chi connectivity index (χ3v) is 8.36. The molecule has 1 saturated heterocycles. The lowest BCUT2D eigenvalue weighted by Crippen LogP contribution is -2.66. The number of hydrogen-bond acceptors (Lipinski definition) is 5. The van der Waals surface area contributed by atoms with Crippen molar-refractivity contribution < 1.29 is 27.9 Å². The van der Waals surface area contributed by atoms with Gasteiger partial charge >= 0.3 is 12.0 Å². The van der Waals surface area contributed by atoms with Crippen LogP contribution < -0.4 is 10.6 Å². The highest BCUT2D eigenvalue weighted by atomic mass is 32.2.